The van der Waals surface area contributed by atoms with Crippen molar-refractivity contribution >= 4 is 28.0 Å². The first kappa shape index (κ1) is 43.6. The molecule has 4 aromatic carbocycles. The zero-order valence-electron chi connectivity index (χ0n) is 28.4. The van der Waals surface area contributed by atoms with Gasteiger partial charge in [0.2, 0.25) is 0 Å². The summed E-state index contributed by atoms with van der Waals surface area (Å²) in [6.45, 7) is 0. The van der Waals surface area contributed by atoms with Crippen molar-refractivity contribution in [2.45, 2.75) is 63.5 Å². The van der Waals surface area contributed by atoms with Crippen molar-refractivity contribution in [2.24, 2.45) is 0 Å². The number of quaternary nitrogens is 1. The topological polar surface area (TPSA) is 4.44 Å². The Kier molecular flexibility index (Phi) is 12.3. The molecule has 1 nitrogen and oxygen atoms in total. The van der Waals surface area contributed by atoms with Gasteiger partial charge in [-0.1, -0.05) is 0 Å². The van der Waals surface area contributed by atoms with Crippen LogP contribution in [0.5, 0.6) is 0 Å². The fourth-order valence-corrected chi connectivity index (χ4v) is 7.97. The molecule has 0 saturated heterocycles. The second-order valence-electron chi connectivity index (χ2n) is 13.5. The quantitative estimate of drug-likeness (QED) is 0.0906. The van der Waals surface area contributed by atoms with E-state index in [4.69, 9.17) is 0 Å². The largest absolute Gasteiger partial charge is 0.333 e. The molecule has 0 unspecified atom stereocenters. The second kappa shape index (κ2) is 16.0. The van der Waals surface area contributed by atoms with Crippen LogP contribution in [0.2, 0.25) is 0 Å². The van der Waals surface area contributed by atoms with Gasteiger partial charge in [-0.3, -0.25) is 0 Å². The van der Waals surface area contributed by atoms with E-state index in [9.17, 15) is 52.7 Å². The van der Waals surface area contributed by atoms with Gasteiger partial charge >= 0.3 is 0 Å². The maximum Gasteiger partial charge on any atom is 0.200 e. The molecule has 57 heavy (non-hydrogen) atoms. The Bertz CT molecular complexity index is 1850. The lowest BCUT2D eigenvalue weighted by molar-refractivity contribution is -0.929. The summed E-state index contributed by atoms with van der Waals surface area (Å²) in [5.41, 5.74) is -14.3. The summed E-state index contributed by atoms with van der Waals surface area (Å²) < 4.78 is 294. The molecule has 2 saturated carbocycles. The molecule has 0 heterocycles. The molecule has 0 radical (unpaired) electrons. The van der Waals surface area contributed by atoms with Crippen LogP contribution in [0, 0.1) is 116 Å². The predicted molar refractivity (Wildman–Crippen MR) is 161 cm³/mol. The number of benzene rings is 4. The van der Waals surface area contributed by atoms with Crippen LogP contribution in [0.15, 0.2) is 0 Å². The van der Waals surface area contributed by atoms with Gasteiger partial charge in [0.1, 0.15) is 52.7 Å². The predicted octanol–water partition coefficient (Wildman–Crippen LogP) is 7.23. The third-order valence-corrected chi connectivity index (χ3v) is 10.7. The van der Waals surface area contributed by atoms with E-state index < -0.39 is 144 Å². The lowest BCUT2D eigenvalue weighted by Crippen LogP contribution is -3.16. The van der Waals surface area contributed by atoms with Gasteiger partial charge in [0.05, 0.1) is 19.1 Å². The van der Waals surface area contributed by atoms with Gasteiger partial charge in [-0.2, -0.15) is 0 Å². The van der Waals surface area contributed by atoms with Gasteiger partial charge in [-0.25, -0.2) is 87.8 Å². The molecule has 0 aromatic heterocycles. The Morgan fingerprint density at radius 2 is 0.421 bits per heavy atom. The minimum Gasteiger partial charge on any atom is -0.333 e. The Morgan fingerprint density at radius 1 is 0.281 bits per heavy atom. The van der Waals surface area contributed by atoms with Gasteiger partial charge in [0.25, 0.3) is 0 Å². The molecule has 4 aromatic rings. The Hall–Kier alpha value is -4.50. The van der Waals surface area contributed by atoms with Crippen molar-refractivity contribution < 1.29 is 92.7 Å². The van der Waals surface area contributed by atoms with E-state index in [1.165, 1.54) is 51.4 Å². The molecular weight excluding hydrogens is 825 g/mol. The third kappa shape index (κ3) is 6.68. The number of hydrogen-bond donors (Lipinski definition) is 1. The monoisotopic (exact) mass is 847 g/mol. The molecule has 6 rings (SSSR count). The first-order chi connectivity index (χ1) is 26.6. The van der Waals surface area contributed by atoms with E-state index in [-0.39, 0.29) is 0 Å². The third-order valence-electron chi connectivity index (χ3n) is 10.7. The molecule has 0 aliphatic heterocycles. The highest BCUT2D eigenvalue weighted by molar-refractivity contribution is 7.20. The second-order valence-corrected chi connectivity index (χ2v) is 13.5. The first-order valence-electron chi connectivity index (χ1n) is 16.6. The van der Waals surface area contributed by atoms with Gasteiger partial charge in [-0.15, -0.1) is 21.9 Å². The van der Waals surface area contributed by atoms with E-state index in [2.05, 4.69) is 7.05 Å². The lowest BCUT2D eigenvalue weighted by Gasteiger charge is -2.44. The molecule has 2 aliphatic carbocycles. The molecule has 0 bridgehead atoms. The van der Waals surface area contributed by atoms with Gasteiger partial charge in [0.15, 0.2) is 69.8 Å². The van der Waals surface area contributed by atoms with Crippen molar-refractivity contribution in [3.63, 3.8) is 0 Å². The first-order valence-corrected chi connectivity index (χ1v) is 16.6. The van der Waals surface area contributed by atoms with Crippen molar-refractivity contribution in [3.8, 4) is 0 Å². The van der Waals surface area contributed by atoms with Gasteiger partial charge in [-0.05, 0) is 51.4 Å². The summed E-state index contributed by atoms with van der Waals surface area (Å²) in [7, 11) is 2.44. The highest BCUT2D eigenvalue weighted by Crippen LogP contribution is 2.31. The Morgan fingerprint density at radius 3 is 0.579 bits per heavy atom. The van der Waals surface area contributed by atoms with Crippen LogP contribution in [0.25, 0.3) is 0 Å². The summed E-state index contributed by atoms with van der Waals surface area (Å²) in [5, 5.41) is 0. The highest BCUT2D eigenvalue weighted by Gasteiger charge is 2.52. The summed E-state index contributed by atoms with van der Waals surface area (Å²) in [6, 6.07) is 2.04. The fraction of sp³-hybridized carbons (Fsp3) is 0.314. The molecular formula is C35H22BF20N. The van der Waals surface area contributed by atoms with Crippen molar-refractivity contribution in [1.82, 2.24) is 0 Å². The zero-order chi connectivity index (χ0) is 42.7. The molecule has 22 heteroatoms. The van der Waals surface area contributed by atoms with Crippen LogP contribution >= 0.6 is 0 Å². The van der Waals surface area contributed by atoms with Gasteiger partial charge < -0.3 is 4.90 Å². The van der Waals surface area contributed by atoms with Crippen LogP contribution in [-0.4, -0.2) is 25.3 Å². The smallest absolute Gasteiger partial charge is 0.200 e. The molecule has 1 N–H and O–H groups in total. The van der Waals surface area contributed by atoms with E-state index in [1.54, 1.807) is 0 Å². The van der Waals surface area contributed by atoms with E-state index >= 15 is 35.1 Å². The minimum atomic E-state index is -7.22. The SMILES string of the molecule is C[NH+](C1CCCC1)C1CCCC1.Fc1c(F)c(F)c([B-](c2c(F)c(F)c(F)c(F)c2F)(c2c(F)c(F)c(F)c(F)c2F)c2c(F)c(F)c(F)c(F)c2F)c(F)c1F. The molecule has 310 valence electrons. The summed E-state index contributed by atoms with van der Waals surface area (Å²) in [4.78, 5) is 1.87. The maximum atomic E-state index is 15.4. The number of hydrogen-bond acceptors (Lipinski definition) is 0. The van der Waals surface area contributed by atoms with Crippen LogP contribution in [0.4, 0.5) is 87.8 Å². The Balaban J connectivity index is 0.000000436. The minimum absolute atomic E-state index is 1.02. The average molecular weight is 847 g/mol. The lowest BCUT2D eigenvalue weighted by atomic mass is 9.12. The van der Waals surface area contributed by atoms with E-state index in [1.807, 2.05) is 4.90 Å². The van der Waals surface area contributed by atoms with Crippen molar-refractivity contribution in [1.29, 1.82) is 0 Å². The summed E-state index contributed by atoms with van der Waals surface area (Å²) in [6.07, 6.45) is 4.77. The molecule has 0 amide bonds. The summed E-state index contributed by atoms with van der Waals surface area (Å²) >= 11 is 0. The number of rotatable bonds is 6. The molecule has 2 fully saturated rings. The normalized spacial score (nSPS) is 15.3. The average Bonchev–Trinajstić information content (AvgIpc) is 3.94. The maximum absolute atomic E-state index is 15.4. The van der Waals surface area contributed by atoms with Crippen molar-refractivity contribution in [3.05, 3.63) is 116 Å². The van der Waals surface area contributed by atoms with E-state index in [0.29, 0.717) is 0 Å². The van der Waals surface area contributed by atoms with Crippen LogP contribution in [-0.2, 0) is 0 Å². The van der Waals surface area contributed by atoms with E-state index in [0.717, 1.165) is 12.1 Å². The van der Waals surface area contributed by atoms with Gasteiger partial charge in [0, 0.05) is 0 Å². The van der Waals surface area contributed by atoms with Crippen molar-refractivity contribution in [2.75, 3.05) is 7.05 Å². The standard InChI is InChI=1S/C24BF20.C11H21N/c26-5-1(6(27)14(35)21(42)13(5)34)25(2-7(28)15(36)22(43)16(37)8(2)29,3-9(30)17(38)23(44)18(39)10(3)31)4-11(32)19(40)24(45)20(41)12(4)33;1-12(10-6-2-3-7-10)11-8-4-5-9-11/h;10-11H,2-9H2,1H3/q-1;/p+1. The fourth-order valence-electron chi connectivity index (χ4n) is 7.97. The molecule has 0 atom stereocenters. The molecule has 2 aliphatic rings. The zero-order valence-corrected chi connectivity index (χ0v) is 28.4. The highest BCUT2D eigenvalue weighted by atomic mass is 19.2. The number of nitrogens with one attached hydrogen (secondary N) is 1. The van der Waals surface area contributed by atoms with Crippen LogP contribution in [0.1, 0.15) is 51.4 Å². The van der Waals surface area contributed by atoms with Crippen LogP contribution < -0.4 is 26.8 Å². The number of halogens is 20. The molecule has 0 spiro atoms. The summed E-state index contributed by atoms with van der Waals surface area (Å²) in [5.74, 6) is -71.4. The Labute approximate surface area is 307 Å². The van der Waals surface area contributed by atoms with Crippen LogP contribution in [0.3, 0.4) is 0 Å².